The summed E-state index contributed by atoms with van der Waals surface area (Å²) in [5, 5.41) is 14.7. The fourth-order valence-electron chi connectivity index (χ4n) is 6.12. The summed E-state index contributed by atoms with van der Waals surface area (Å²) in [4.78, 5) is 27.2. The lowest BCUT2D eigenvalue weighted by Gasteiger charge is -2.43. The summed E-state index contributed by atoms with van der Waals surface area (Å²) in [6.45, 7) is 2.72. The molecule has 37 heavy (non-hydrogen) atoms. The zero-order valence-electron chi connectivity index (χ0n) is 21.2. The molecule has 2 aliphatic heterocycles. The van der Waals surface area contributed by atoms with Crippen LogP contribution in [0.5, 0.6) is 0 Å². The first kappa shape index (κ1) is 24.1. The molecule has 0 bridgehead atoms. The number of anilines is 1. The largest absolute Gasteiger partial charge is 0.390 e. The Balaban J connectivity index is 1.19. The molecule has 1 aliphatic carbocycles. The van der Waals surface area contributed by atoms with Crippen LogP contribution in [0.1, 0.15) is 53.7 Å². The van der Waals surface area contributed by atoms with Crippen LogP contribution < -0.4 is 5.32 Å². The standard InChI is InChI=1S/C30H35N5O2/c36-27-20-35(17-15-26(27)34-16-14-21-8-4-5-11-23(21)19-34)30(37)25-18-28(31-24-12-6-7-13-24)33-29(32-25)22-9-2-1-3-10-22/h1-5,8-11,18,24,26-27,36H,6-7,12-17,19-20H2,(H,31,32,33)/t26-,27-/m1/s1. The number of piperidine rings is 1. The molecule has 7 nitrogen and oxygen atoms in total. The van der Waals surface area contributed by atoms with Gasteiger partial charge in [-0.25, -0.2) is 9.97 Å². The Morgan fingerprint density at radius 3 is 2.46 bits per heavy atom. The van der Waals surface area contributed by atoms with Crippen LogP contribution in [0.2, 0.25) is 0 Å². The molecule has 1 amide bonds. The monoisotopic (exact) mass is 497 g/mol. The van der Waals surface area contributed by atoms with Gasteiger partial charge >= 0.3 is 0 Å². The van der Waals surface area contributed by atoms with Gasteiger partial charge < -0.3 is 15.3 Å². The minimum atomic E-state index is -0.588. The average molecular weight is 498 g/mol. The number of amides is 1. The molecule has 7 heteroatoms. The van der Waals surface area contributed by atoms with Gasteiger partial charge in [-0.1, -0.05) is 67.4 Å². The number of likely N-dealkylation sites (tertiary alicyclic amines) is 1. The molecule has 3 heterocycles. The highest BCUT2D eigenvalue weighted by atomic mass is 16.3. The van der Waals surface area contributed by atoms with Gasteiger partial charge in [0.05, 0.1) is 6.10 Å². The zero-order valence-corrected chi connectivity index (χ0v) is 21.2. The minimum Gasteiger partial charge on any atom is -0.390 e. The maximum absolute atomic E-state index is 13.6. The fourth-order valence-corrected chi connectivity index (χ4v) is 6.12. The number of aliphatic hydroxyl groups is 1. The molecular formula is C30H35N5O2. The lowest BCUT2D eigenvalue weighted by Crippen LogP contribution is -2.56. The molecule has 1 saturated heterocycles. The van der Waals surface area contributed by atoms with Crippen LogP contribution in [0.4, 0.5) is 5.82 Å². The Hall–Kier alpha value is -3.29. The second kappa shape index (κ2) is 10.6. The molecule has 0 unspecified atom stereocenters. The Morgan fingerprint density at radius 1 is 0.919 bits per heavy atom. The highest BCUT2D eigenvalue weighted by molar-refractivity contribution is 5.93. The van der Waals surface area contributed by atoms with Gasteiger partial charge in [0.25, 0.3) is 5.91 Å². The highest BCUT2D eigenvalue weighted by Gasteiger charge is 2.36. The second-order valence-electron chi connectivity index (χ2n) is 10.6. The highest BCUT2D eigenvalue weighted by Crippen LogP contribution is 2.27. The third kappa shape index (κ3) is 5.24. The molecular weight excluding hydrogens is 462 g/mol. The number of nitrogens with one attached hydrogen (secondary N) is 1. The number of β-amino-alcohol motifs (C(OH)–C–C–N with tert-alkyl or cyclic N) is 1. The molecule has 2 atom stereocenters. The smallest absolute Gasteiger partial charge is 0.272 e. The first-order valence-electron chi connectivity index (χ1n) is 13.6. The van der Waals surface area contributed by atoms with Crippen molar-refractivity contribution >= 4 is 11.7 Å². The van der Waals surface area contributed by atoms with E-state index in [1.54, 1.807) is 11.0 Å². The summed E-state index contributed by atoms with van der Waals surface area (Å²) in [6, 6.07) is 20.6. The summed E-state index contributed by atoms with van der Waals surface area (Å²) in [7, 11) is 0. The Kier molecular flexibility index (Phi) is 6.89. The van der Waals surface area contributed by atoms with E-state index in [2.05, 4.69) is 39.5 Å². The lowest BCUT2D eigenvalue weighted by molar-refractivity contribution is -0.0139. The van der Waals surface area contributed by atoms with Crippen molar-refractivity contribution in [3.8, 4) is 11.4 Å². The predicted molar refractivity (Wildman–Crippen MR) is 144 cm³/mol. The fraction of sp³-hybridized carbons (Fsp3) is 0.433. The Morgan fingerprint density at radius 2 is 1.68 bits per heavy atom. The third-order valence-electron chi connectivity index (χ3n) is 8.15. The molecule has 1 aromatic heterocycles. The van der Waals surface area contributed by atoms with Crippen molar-refractivity contribution in [1.29, 1.82) is 0 Å². The van der Waals surface area contributed by atoms with Crippen LogP contribution in [0.3, 0.4) is 0 Å². The SMILES string of the molecule is O=C(c1cc(NC2CCCC2)nc(-c2ccccc2)n1)N1CC[C@@H](N2CCc3ccccc3C2)[C@H](O)C1. The number of carbonyl (C=O) groups excluding carboxylic acids is 1. The second-order valence-corrected chi connectivity index (χ2v) is 10.6. The number of rotatable bonds is 5. The predicted octanol–water partition coefficient (Wildman–Crippen LogP) is 4.13. The third-order valence-corrected chi connectivity index (χ3v) is 8.15. The molecule has 3 aromatic rings. The van der Waals surface area contributed by atoms with Gasteiger partial charge in [0, 0.05) is 49.9 Å². The molecule has 0 radical (unpaired) electrons. The van der Waals surface area contributed by atoms with E-state index in [1.807, 2.05) is 30.3 Å². The molecule has 6 rings (SSSR count). The number of hydrogen-bond donors (Lipinski definition) is 2. The van der Waals surface area contributed by atoms with Crippen LogP contribution in [-0.2, 0) is 13.0 Å². The maximum Gasteiger partial charge on any atom is 0.272 e. The van der Waals surface area contributed by atoms with E-state index >= 15 is 0 Å². The molecule has 2 N–H and O–H groups in total. The summed E-state index contributed by atoms with van der Waals surface area (Å²) in [5.41, 5.74) is 4.01. The van der Waals surface area contributed by atoms with E-state index in [-0.39, 0.29) is 11.9 Å². The normalized spacial score (nSPS) is 22.6. The van der Waals surface area contributed by atoms with E-state index in [9.17, 15) is 9.90 Å². The van der Waals surface area contributed by atoms with Gasteiger partial charge in [0.15, 0.2) is 5.82 Å². The molecule has 0 spiro atoms. The molecule has 192 valence electrons. The van der Waals surface area contributed by atoms with Crippen LogP contribution in [0.25, 0.3) is 11.4 Å². The van der Waals surface area contributed by atoms with Crippen LogP contribution in [0, 0.1) is 0 Å². The number of benzene rings is 2. The molecule has 2 aromatic carbocycles. The Bertz CT molecular complexity index is 1240. The van der Waals surface area contributed by atoms with Gasteiger partial charge in [0.1, 0.15) is 11.5 Å². The minimum absolute atomic E-state index is 0.0577. The van der Waals surface area contributed by atoms with Crippen LogP contribution in [-0.4, -0.2) is 68.6 Å². The van der Waals surface area contributed by atoms with Gasteiger partial charge in [-0.3, -0.25) is 9.69 Å². The van der Waals surface area contributed by atoms with Crippen molar-refractivity contribution in [3.05, 3.63) is 77.5 Å². The van der Waals surface area contributed by atoms with Crippen molar-refractivity contribution in [2.75, 3.05) is 25.0 Å². The molecule has 1 saturated carbocycles. The van der Waals surface area contributed by atoms with E-state index in [0.717, 1.165) is 44.3 Å². The van der Waals surface area contributed by atoms with Gasteiger partial charge in [-0.2, -0.15) is 0 Å². The quantitative estimate of drug-likeness (QED) is 0.552. The van der Waals surface area contributed by atoms with Crippen LogP contribution in [0.15, 0.2) is 60.7 Å². The van der Waals surface area contributed by atoms with Crippen molar-refractivity contribution < 1.29 is 9.90 Å². The number of nitrogens with zero attached hydrogens (tertiary/aromatic N) is 4. The van der Waals surface area contributed by atoms with E-state index < -0.39 is 6.10 Å². The van der Waals surface area contributed by atoms with Crippen molar-refractivity contribution in [3.63, 3.8) is 0 Å². The number of fused-ring (bicyclic) bond motifs is 1. The number of aromatic nitrogens is 2. The molecule has 2 fully saturated rings. The van der Waals surface area contributed by atoms with E-state index in [1.165, 1.54) is 24.0 Å². The van der Waals surface area contributed by atoms with E-state index in [4.69, 9.17) is 4.98 Å². The summed E-state index contributed by atoms with van der Waals surface area (Å²) in [5.74, 6) is 1.11. The van der Waals surface area contributed by atoms with Crippen molar-refractivity contribution in [2.24, 2.45) is 0 Å². The van der Waals surface area contributed by atoms with E-state index in [0.29, 0.717) is 36.5 Å². The van der Waals surface area contributed by atoms with Gasteiger partial charge in [-0.15, -0.1) is 0 Å². The zero-order chi connectivity index (χ0) is 25.2. The van der Waals surface area contributed by atoms with Crippen molar-refractivity contribution in [1.82, 2.24) is 19.8 Å². The molecule has 3 aliphatic rings. The topological polar surface area (TPSA) is 81.6 Å². The van der Waals surface area contributed by atoms with Crippen molar-refractivity contribution in [2.45, 2.75) is 63.3 Å². The number of aliphatic hydroxyl groups excluding tert-OH is 1. The lowest BCUT2D eigenvalue weighted by atomic mass is 9.94. The summed E-state index contributed by atoms with van der Waals surface area (Å²) < 4.78 is 0. The summed E-state index contributed by atoms with van der Waals surface area (Å²) >= 11 is 0. The Labute approximate surface area is 218 Å². The first-order chi connectivity index (χ1) is 18.1. The van der Waals surface area contributed by atoms with Gasteiger partial charge in [-0.05, 0) is 36.8 Å². The number of hydrogen-bond acceptors (Lipinski definition) is 6. The van der Waals surface area contributed by atoms with Crippen LogP contribution >= 0.6 is 0 Å². The number of carbonyl (C=O) groups is 1. The average Bonchev–Trinajstić information content (AvgIpc) is 3.45. The van der Waals surface area contributed by atoms with Gasteiger partial charge in [0.2, 0.25) is 0 Å². The maximum atomic E-state index is 13.6. The first-order valence-corrected chi connectivity index (χ1v) is 13.6. The summed E-state index contributed by atoms with van der Waals surface area (Å²) in [6.07, 6.45) is 5.84.